The first-order valence-corrected chi connectivity index (χ1v) is 13.7. The van der Waals surface area contributed by atoms with Gasteiger partial charge in [-0.1, -0.05) is 103 Å². The SMILES string of the molecule is c1ccc(-n2c3ccccc3c3c4c(-c5ccc6c7c(cccc57)-c5ccccc5O6)cccc4ccc32)cc1. The third-order valence-electron chi connectivity index (χ3n) is 8.38. The number of nitrogens with zero attached hydrogens (tertiary/aromatic N) is 1. The summed E-state index contributed by atoms with van der Waals surface area (Å²) in [6, 6.07) is 50.0. The molecule has 0 atom stereocenters. The molecule has 0 saturated heterocycles. The van der Waals surface area contributed by atoms with E-state index < -0.39 is 0 Å². The van der Waals surface area contributed by atoms with E-state index in [0.717, 1.165) is 17.1 Å². The fourth-order valence-corrected chi connectivity index (χ4v) is 6.73. The van der Waals surface area contributed by atoms with Crippen molar-refractivity contribution in [3.05, 3.63) is 140 Å². The summed E-state index contributed by atoms with van der Waals surface area (Å²) in [5.41, 5.74) is 8.43. The molecule has 7 aromatic carbocycles. The second-order valence-corrected chi connectivity index (χ2v) is 10.5. The highest BCUT2D eigenvalue weighted by Crippen LogP contribution is 2.50. The molecule has 40 heavy (non-hydrogen) atoms. The molecule has 2 nitrogen and oxygen atoms in total. The molecule has 0 saturated carbocycles. The van der Waals surface area contributed by atoms with E-state index in [1.807, 2.05) is 6.07 Å². The predicted octanol–water partition coefficient (Wildman–Crippen LogP) is 10.5. The van der Waals surface area contributed by atoms with Crippen LogP contribution >= 0.6 is 0 Å². The van der Waals surface area contributed by atoms with Gasteiger partial charge in [0.1, 0.15) is 11.5 Å². The molecular weight excluding hydrogens is 486 g/mol. The maximum absolute atomic E-state index is 6.40. The standard InChI is InChI=1S/C38H23NO/c1-2-11-25(12-3-1)39-32-18-6-4-14-31(32)38-33(39)22-20-24-10-8-15-28(36(24)38)26-21-23-35-37-29(26)16-9-17-30(37)27-13-5-7-19-34(27)40-35/h1-23H. The minimum Gasteiger partial charge on any atom is -0.456 e. The fourth-order valence-electron chi connectivity index (χ4n) is 6.73. The van der Waals surface area contributed by atoms with Crippen molar-refractivity contribution in [1.29, 1.82) is 0 Å². The molecule has 8 aromatic rings. The smallest absolute Gasteiger partial charge is 0.135 e. The van der Waals surface area contributed by atoms with Crippen molar-refractivity contribution in [3.63, 3.8) is 0 Å². The van der Waals surface area contributed by atoms with Crippen LogP contribution in [0.1, 0.15) is 0 Å². The van der Waals surface area contributed by atoms with Gasteiger partial charge < -0.3 is 9.30 Å². The van der Waals surface area contributed by atoms with Crippen LogP contribution in [0.5, 0.6) is 11.5 Å². The molecule has 0 radical (unpaired) electrons. The maximum Gasteiger partial charge on any atom is 0.135 e. The van der Waals surface area contributed by atoms with Crippen LogP contribution in [0.4, 0.5) is 0 Å². The van der Waals surface area contributed by atoms with Gasteiger partial charge in [-0.15, -0.1) is 0 Å². The van der Waals surface area contributed by atoms with Gasteiger partial charge in [-0.2, -0.15) is 0 Å². The Kier molecular flexibility index (Phi) is 4.36. The van der Waals surface area contributed by atoms with Crippen LogP contribution in [0.15, 0.2) is 140 Å². The molecule has 186 valence electrons. The second kappa shape index (κ2) is 8.08. The lowest BCUT2D eigenvalue weighted by molar-refractivity contribution is 0.487. The van der Waals surface area contributed by atoms with Crippen molar-refractivity contribution in [2.45, 2.75) is 0 Å². The Morgan fingerprint density at radius 1 is 0.375 bits per heavy atom. The summed E-state index contributed by atoms with van der Waals surface area (Å²) in [5, 5.41) is 7.45. The van der Waals surface area contributed by atoms with Gasteiger partial charge in [0.15, 0.2) is 0 Å². The minimum atomic E-state index is 0.913. The monoisotopic (exact) mass is 509 g/mol. The van der Waals surface area contributed by atoms with Gasteiger partial charge in [0, 0.05) is 27.4 Å². The summed E-state index contributed by atoms with van der Waals surface area (Å²) in [5.74, 6) is 1.83. The van der Waals surface area contributed by atoms with Crippen molar-refractivity contribution in [1.82, 2.24) is 4.57 Å². The molecule has 0 bridgehead atoms. The Morgan fingerprint density at radius 2 is 1.10 bits per heavy atom. The lowest BCUT2D eigenvalue weighted by Crippen LogP contribution is -1.97. The highest BCUT2D eigenvalue weighted by molar-refractivity contribution is 6.26. The predicted molar refractivity (Wildman–Crippen MR) is 167 cm³/mol. The van der Waals surface area contributed by atoms with Crippen molar-refractivity contribution in [2.24, 2.45) is 0 Å². The molecule has 0 spiro atoms. The summed E-state index contributed by atoms with van der Waals surface area (Å²) in [6.45, 7) is 0. The fraction of sp³-hybridized carbons (Fsp3) is 0. The van der Waals surface area contributed by atoms with Crippen molar-refractivity contribution in [2.75, 3.05) is 0 Å². The summed E-state index contributed by atoms with van der Waals surface area (Å²) in [6.07, 6.45) is 0. The van der Waals surface area contributed by atoms with Crippen molar-refractivity contribution in [3.8, 4) is 39.4 Å². The summed E-state index contributed by atoms with van der Waals surface area (Å²) in [7, 11) is 0. The lowest BCUT2D eigenvalue weighted by Gasteiger charge is -2.22. The highest BCUT2D eigenvalue weighted by atomic mass is 16.5. The van der Waals surface area contributed by atoms with Gasteiger partial charge in [-0.3, -0.25) is 0 Å². The molecule has 2 heteroatoms. The first-order chi connectivity index (χ1) is 19.9. The van der Waals surface area contributed by atoms with E-state index in [2.05, 4.69) is 138 Å². The number of aromatic nitrogens is 1. The average molecular weight is 510 g/mol. The minimum absolute atomic E-state index is 0.913. The van der Waals surface area contributed by atoms with Crippen LogP contribution in [-0.2, 0) is 0 Å². The van der Waals surface area contributed by atoms with E-state index in [9.17, 15) is 0 Å². The molecule has 0 unspecified atom stereocenters. The molecule has 9 rings (SSSR count). The van der Waals surface area contributed by atoms with Gasteiger partial charge in [0.25, 0.3) is 0 Å². The number of hydrogen-bond donors (Lipinski definition) is 0. The molecule has 0 fully saturated rings. The van der Waals surface area contributed by atoms with E-state index in [1.165, 1.54) is 65.7 Å². The van der Waals surface area contributed by atoms with E-state index in [4.69, 9.17) is 4.74 Å². The van der Waals surface area contributed by atoms with Crippen LogP contribution in [0.25, 0.3) is 71.3 Å². The molecule has 1 aromatic heterocycles. The van der Waals surface area contributed by atoms with Gasteiger partial charge in [-0.05, 0) is 69.2 Å². The first kappa shape index (κ1) is 21.6. The number of benzene rings is 7. The zero-order valence-electron chi connectivity index (χ0n) is 21.6. The van der Waals surface area contributed by atoms with Crippen LogP contribution in [0, 0.1) is 0 Å². The van der Waals surface area contributed by atoms with E-state index in [-0.39, 0.29) is 0 Å². The van der Waals surface area contributed by atoms with Crippen LogP contribution in [-0.4, -0.2) is 4.57 Å². The van der Waals surface area contributed by atoms with Crippen LogP contribution in [0.3, 0.4) is 0 Å². The molecule has 1 aliphatic heterocycles. The van der Waals surface area contributed by atoms with Crippen molar-refractivity contribution < 1.29 is 4.74 Å². The Hall–Kier alpha value is -5.34. The summed E-state index contributed by atoms with van der Waals surface area (Å²) < 4.78 is 8.80. The Bertz CT molecular complexity index is 2290. The zero-order chi connectivity index (χ0) is 26.2. The number of para-hydroxylation sites is 3. The summed E-state index contributed by atoms with van der Waals surface area (Å²) in [4.78, 5) is 0. The normalized spacial score (nSPS) is 12.2. The molecule has 2 heterocycles. The topological polar surface area (TPSA) is 14.2 Å². The van der Waals surface area contributed by atoms with Crippen LogP contribution in [0.2, 0.25) is 0 Å². The first-order valence-electron chi connectivity index (χ1n) is 13.7. The van der Waals surface area contributed by atoms with E-state index in [1.54, 1.807) is 0 Å². The number of ether oxygens (including phenoxy) is 1. The largest absolute Gasteiger partial charge is 0.456 e. The molecule has 0 amide bonds. The van der Waals surface area contributed by atoms with Gasteiger partial charge in [0.2, 0.25) is 0 Å². The molecule has 0 N–H and O–H groups in total. The van der Waals surface area contributed by atoms with Crippen molar-refractivity contribution >= 4 is 43.4 Å². The zero-order valence-corrected chi connectivity index (χ0v) is 21.6. The molecule has 0 aliphatic carbocycles. The van der Waals surface area contributed by atoms with E-state index >= 15 is 0 Å². The van der Waals surface area contributed by atoms with Gasteiger partial charge in [-0.25, -0.2) is 0 Å². The number of fused-ring (bicyclic) bond motifs is 7. The van der Waals surface area contributed by atoms with E-state index in [0.29, 0.717) is 0 Å². The van der Waals surface area contributed by atoms with Gasteiger partial charge >= 0.3 is 0 Å². The van der Waals surface area contributed by atoms with Gasteiger partial charge in [0.05, 0.1) is 11.0 Å². The maximum atomic E-state index is 6.40. The molecular formula is C38H23NO. The highest BCUT2D eigenvalue weighted by Gasteiger charge is 2.23. The Labute approximate surface area is 231 Å². The average Bonchev–Trinajstić information content (AvgIpc) is 3.36. The molecule has 1 aliphatic rings. The quantitative estimate of drug-likeness (QED) is 0.226. The van der Waals surface area contributed by atoms with Crippen LogP contribution < -0.4 is 4.74 Å². The third-order valence-corrected chi connectivity index (χ3v) is 8.38. The summed E-state index contributed by atoms with van der Waals surface area (Å²) >= 11 is 0. The third kappa shape index (κ3) is 2.88. The lowest BCUT2D eigenvalue weighted by atomic mass is 9.88. The Balaban J connectivity index is 1.42. The Morgan fingerprint density at radius 3 is 2.02 bits per heavy atom. The number of rotatable bonds is 2. The number of hydrogen-bond acceptors (Lipinski definition) is 1. The second-order valence-electron chi connectivity index (χ2n) is 10.5.